The van der Waals surface area contributed by atoms with Crippen molar-refractivity contribution in [3.63, 3.8) is 0 Å². The van der Waals surface area contributed by atoms with Gasteiger partial charge in [-0.2, -0.15) is 0 Å². The Labute approximate surface area is 82.5 Å². The zero-order valence-corrected chi connectivity index (χ0v) is 8.98. The van der Waals surface area contributed by atoms with E-state index in [1.807, 2.05) is 19.9 Å². The summed E-state index contributed by atoms with van der Waals surface area (Å²) in [6.07, 6.45) is 0. The third-order valence-corrected chi connectivity index (χ3v) is 2.34. The lowest BCUT2D eigenvalue weighted by molar-refractivity contribution is 0.0606. The molecule has 74 valence electrons. The van der Waals surface area contributed by atoms with Crippen LogP contribution in [0, 0.1) is 0 Å². The number of nitrogens with two attached hydrogens (primary N) is 1. The van der Waals surface area contributed by atoms with Gasteiger partial charge in [-0.05, 0) is 12.1 Å². The van der Waals surface area contributed by atoms with Crippen molar-refractivity contribution >= 4 is 17.3 Å². The van der Waals surface area contributed by atoms with E-state index < -0.39 is 0 Å². The van der Waals surface area contributed by atoms with Crippen LogP contribution < -0.4 is 5.73 Å². The molecule has 0 fully saturated rings. The molecule has 0 aromatic carbocycles. The zero-order chi connectivity index (χ0) is 10.3. The molecule has 0 atom stereocenters. The molecule has 4 heteroatoms. The summed E-state index contributed by atoms with van der Waals surface area (Å²) < 4.78 is 4.52. The van der Waals surface area contributed by atoms with Gasteiger partial charge in [0.25, 0.3) is 0 Å². The van der Waals surface area contributed by atoms with E-state index in [0.717, 1.165) is 4.88 Å². The van der Waals surface area contributed by atoms with Crippen molar-refractivity contribution < 1.29 is 9.53 Å². The molecule has 0 radical (unpaired) electrons. The predicted octanol–water partition coefficient (Wildman–Crippen LogP) is 2.02. The number of esters is 1. The number of methoxy groups -OCH3 is 1. The van der Waals surface area contributed by atoms with E-state index in [0.29, 0.717) is 11.4 Å². The van der Waals surface area contributed by atoms with Gasteiger partial charge in [-0.25, -0.2) is 4.79 Å². The van der Waals surface area contributed by atoms with Gasteiger partial charge in [-0.3, -0.25) is 0 Å². The zero-order valence-electron chi connectivity index (χ0n) is 8.16. The molecule has 1 aromatic rings. The summed E-state index contributed by atoms with van der Waals surface area (Å²) >= 11 is 1.37. The Hall–Kier alpha value is -0.870. The van der Waals surface area contributed by atoms with Crippen LogP contribution in [0.1, 0.15) is 28.4 Å². The molecule has 0 saturated heterocycles. The van der Waals surface area contributed by atoms with Gasteiger partial charge in [0, 0.05) is 11.4 Å². The van der Waals surface area contributed by atoms with Crippen LogP contribution in [-0.4, -0.2) is 13.1 Å². The van der Waals surface area contributed by atoms with Crippen LogP contribution in [0.3, 0.4) is 0 Å². The molecule has 3 nitrogen and oxygen atoms in total. The van der Waals surface area contributed by atoms with Crippen LogP contribution >= 0.6 is 11.3 Å². The fraction of sp³-hybridized carbons (Fsp3) is 0.444. The summed E-state index contributed by atoms with van der Waals surface area (Å²) in [6.45, 7) is 4.47. The number of ether oxygens (including phenoxy) is 1. The molecule has 0 unspecified atom stereocenters. The minimum atomic E-state index is -0.297. The maximum absolute atomic E-state index is 10.9. The first-order valence-corrected chi connectivity index (χ1v) is 4.96. The lowest BCUT2D eigenvalue weighted by atomic mass is 10.4. The Kier molecular flexibility index (Phi) is 6.18. The van der Waals surface area contributed by atoms with Crippen LogP contribution in [0.2, 0.25) is 0 Å². The van der Waals surface area contributed by atoms with Crippen molar-refractivity contribution in [1.29, 1.82) is 0 Å². The number of hydrogen-bond acceptors (Lipinski definition) is 4. The van der Waals surface area contributed by atoms with Crippen molar-refractivity contribution in [2.75, 3.05) is 7.11 Å². The highest BCUT2D eigenvalue weighted by Gasteiger charge is 2.07. The Balaban J connectivity index is 0.000000671. The fourth-order valence-electron chi connectivity index (χ4n) is 0.698. The van der Waals surface area contributed by atoms with Crippen LogP contribution in [0.15, 0.2) is 12.1 Å². The smallest absolute Gasteiger partial charge is 0.348 e. The molecule has 0 aliphatic carbocycles. The van der Waals surface area contributed by atoms with Gasteiger partial charge in [0.05, 0.1) is 7.11 Å². The molecule has 1 rings (SSSR count). The van der Waals surface area contributed by atoms with Gasteiger partial charge in [0.2, 0.25) is 0 Å². The Bertz CT molecular complexity index is 258. The maximum Gasteiger partial charge on any atom is 0.348 e. The molecule has 13 heavy (non-hydrogen) atoms. The van der Waals surface area contributed by atoms with E-state index in [2.05, 4.69) is 4.74 Å². The van der Waals surface area contributed by atoms with Crippen molar-refractivity contribution in [3.8, 4) is 0 Å². The lowest BCUT2D eigenvalue weighted by Gasteiger charge is -1.91. The van der Waals surface area contributed by atoms with Crippen LogP contribution in [-0.2, 0) is 11.3 Å². The number of hydrogen-bond donors (Lipinski definition) is 1. The monoisotopic (exact) mass is 201 g/mol. The summed E-state index contributed by atoms with van der Waals surface area (Å²) in [5.41, 5.74) is 5.36. The van der Waals surface area contributed by atoms with Crippen LogP contribution in [0.5, 0.6) is 0 Å². The lowest BCUT2D eigenvalue weighted by Crippen LogP contribution is -1.97. The Morgan fingerprint density at radius 2 is 2.15 bits per heavy atom. The second-order valence-corrected chi connectivity index (χ2v) is 3.13. The molecule has 1 heterocycles. The second kappa shape index (κ2) is 6.62. The highest BCUT2D eigenvalue weighted by Crippen LogP contribution is 2.16. The number of thiophene rings is 1. The van der Waals surface area contributed by atoms with Gasteiger partial charge in [0.1, 0.15) is 4.88 Å². The summed E-state index contributed by atoms with van der Waals surface area (Å²) in [5.74, 6) is -0.297. The van der Waals surface area contributed by atoms with Crippen LogP contribution in [0.4, 0.5) is 0 Å². The molecule has 0 aliphatic rings. The van der Waals surface area contributed by atoms with Gasteiger partial charge in [-0.1, -0.05) is 13.8 Å². The molecule has 1 aromatic heterocycles. The van der Waals surface area contributed by atoms with E-state index in [1.165, 1.54) is 18.4 Å². The van der Waals surface area contributed by atoms with E-state index in [9.17, 15) is 4.79 Å². The van der Waals surface area contributed by atoms with Crippen molar-refractivity contribution in [3.05, 3.63) is 21.9 Å². The first-order chi connectivity index (χ1) is 6.27. The Morgan fingerprint density at radius 1 is 1.54 bits per heavy atom. The molecular formula is C9H15NO2S. The molecule has 2 N–H and O–H groups in total. The molecular weight excluding hydrogens is 186 g/mol. The number of rotatable bonds is 2. The third-order valence-electron chi connectivity index (χ3n) is 1.25. The molecule has 0 saturated carbocycles. The van der Waals surface area contributed by atoms with Gasteiger partial charge in [0.15, 0.2) is 0 Å². The SMILES string of the molecule is CC.COC(=O)c1ccc(CN)s1. The maximum atomic E-state index is 10.9. The van der Waals surface area contributed by atoms with E-state index >= 15 is 0 Å². The first kappa shape index (κ1) is 12.1. The number of carbonyl (C=O) groups is 1. The highest BCUT2D eigenvalue weighted by atomic mass is 32.1. The molecule has 0 bridgehead atoms. The fourth-order valence-corrected chi connectivity index (χ4v) is 1.50. The average Bonchev–Trinajstić information content (AvgIpc) is 2.68. The van der Waals surface area contributed by atoms with E-state index in [4.69, 9.17) is 5.73 Å². The minimum Gasteiger partial charge on any atom is -0.465 e. The Morgan fingerprint density at radius 3 is 2.54 bits per heavy atom. The van der Waals surface area contributed by atoms with Gasteiger partial charge < -0.3 is 10.5 Å². The van der Waals surface area contributed by atoms with Gasteiger partial charge in [-0.15, -0.1) is 11.3 Å². The third kappa shape index (κ3) is 3.57. The normalized spacial score (nSPS) is 8.62. The highest BCUT2D eigenvalue weighted by molar-refractivity contribution is 7.13. The molecule has 0 spiro atoms. The summed E-state index contributed by atoms with van der Waals surface area (Å²) in [6, 6.07) is 3.55. The first-order valence-electron chi connectivity index (χ1n) is 4.15. The topological polar surface area (TPSA) is 52.3 Å². The molecule has 0 amide bonds. The van der Waals surface area contributed by atoms with Crippen molar-refractivity contribution in [2.24, 2.45) is 5.73 Å². The summed E-state index contributed by atoms with van der Waals surface area (Å²) in [5, 5.41) is 0. The quantitative estimate of drug-likeness (QED) is 0.745. The molecule has 0 aliphatic heterocycles. The second-order valence-electron chi connectivity index (χ2n) is 1.96. The van der Waals surface area contributed by atoms with E-state index in [1.54, 1.807) is 6.07 Å². The van der Waals surface area contributed by atoms with Crippen molar-refractivity contribution in [2.45, 2.75) is 20.4 Å². The van der Waals surface area contributed by atoms with E-state index in [-0.39, 0.29) is 5.97 Å². The largest absolute Gasteiger partial charge is 0.465 e. The average molecular weight is 201 g/mol. The predicted molar refractivity (Wildman–Crippen MR) is 54.9 cm³/mol. The van der Waals surface area contributed by atoms with Crippen molar-refractivity contribution in [1.82, 2.24) is 0 Å². The minimum absolute atomic E-state index is 0.297. The summed E-state index contributed by atoms with van der Waals surface area (Å²) in [4.78, 5) is 12.5. The number of carbonyl (C=O) groups excluding carboxylic acids is 1. The van der Waals surface area contributed by atoms with Crippen LogP contribution in [0.25, 0.3) is 0 Å². The standard InChI is InChI=1S/C7H9NO2S.C2H6/c1-10-7(9)6-3-2-5(4-8)11-6;1-2/h2-3H,4,8H2,1H3;1-2H3. The summed E-state index contributed by atoms with van der Waals surface area (Å²) in [7, 11) is 1.37. The van der Waals surface area contributed by atoms with Gasteiger partial charge >= 0.3 is 5.97 Å².